The van der Waals surface area contributed by atoms with Gasteiger partial charge in [-0.1, -0.05) is 24.3 Å². The van der Waals surface area contributed by atoms with Crippen LogP contribution in [0.15, 0.2) is 60.9 Å². The number of carbonyl (C=O) groups is 4. The molecule has 2 aromatic rings. The van der Waals surface area contributed by atoms with E-state index in [1.807, 2.05) is 0 Å². The molecule has 2 aliphatic rings. The van der Waals surface area contributed by atoms with E-state index >= 15 is 0 Å². The van der Waals surface area contributed by atoms with Gasteiger partial charge < -0.3 is 20.1 Å². The quantitative estimate of drug-likeness (QED) is 0.324. The van der Waals surface area contributed by atoms with Gasteiger partial charge in [0, 0.05) is 36.6 Å². The Morgan fingerprint density at radius 1 is 1.09 bits per heavy atom. The molecule has 10 heteroatoms. The van der Waals surface area contributed by atoms with E-state index < -0.39 is 23.8 Å². The molecule has 0 aromatic heterocycles. The summed E-state index contributed by atoms with van der Waals surface area (Å²) in [6.45, 7) is 0.302. The molecule has 1 fully saturated rings. The molecule has 0 aliphatic carbocycles. The van der Waals surface area contributed by atoms with Crippen LogP contribution in [-0.2, 0) is 16.1 Å². The highest BCUT2D eigenvalue weighted by Crippen LogP contribution is 2.29. The van der Waals surface area contributed by atoms with Gasteiger partial charge >= 0.3 is 6.03 Å². The van der Waals surface area contributed by atoms with Gasteiger partial charge in [-0.15, -0.1) is 0 Å². The minimum absolute atomic E-state index is 0.00355. The number of phenols is 1. The topological polar surface area (TPSA) is 128 Å². The van der Waals surface area contributed by atoms with Crippen LogP contribution < -0.4 is 15.4 Å². The fourth-order valence-corrected chi connectivity index (χ4v) is 3.67. The van der Waals surface area contributed by atoms with Gasteiger partial charge in [-0.3, -0.25) is 19.7 Å². The van der Waals surface area contributed by atoms with Crippen molar-refractivity contribution in [2.75, 3.05) is 20.2 Å². The summed E-state index contributed by atoms with van der Waals surface area (Å²) in [4.78, 5) is 51.3. The van der Waals surface area contributed by atoms with Crippen LogP contribution in [0.3, 0.4) is 0 Å². The van der Waals surface area contributed by atoms with E-state index in [-0.39, 0.29) is 24.4 Å². The zero-order valence-corrected chi connectivity index (χ0v) is 18.3. The van der Waals surface area contributed by atoms with Crippen molar-refractivity contribution in [1.82, 2.24) is 20.4 Å². The Kier molecular flexibility index (Phi) is 6.30. The fraction of sp³-hybridized carbons (Fsp3) is 0.167. The van der Waals surface area contributed by atoms with Crippen molar-refractivity contribution in [3.63, 3.8) is 0 Å². The van der Waals surface area contributed by atoms with Crippen LogP contribution in [0, 0.1) is 0 Å². The van der Waals surface area contributed by atoms with Crippen LogP contribution in [0.5, 0.6) is 11.5 Å². The van der Waals surface area contributed by atoms with Crippen LogP contribution in [0.1, 0.15) is 21.5 Å². The van der Waals surface area contributed by atoms with Gasteiger partial charge in [-0.05, 0) is 29.8 Å². The van der Waals surface area contributed by atoms with E-state index in [1.165, 1.54) is 30.5 Å². The van der Waals surface area contributed by atoms with Crippen LogP contribution in [0.4, 0.5) is 4.79 Å². The summed E-state index contributed by atoms with van der Waals surface area (Å²) in [5.41, 5.74) is 1.90. The van der Waals surface area contributed by atoms with E-state index in [0.717, 1.165) is 10.5 Å². The third-order valence-corrected chi connectivity index (χ3v) is 5.36. The first kappa shape index (κ1) is 22.6. The number of hydrogen-bond acceptors (Lipinski definition) is 7. The van der Waals surface area contributed by atoms with Crippen LogP contribution in [-0.4, -0.2) is 58.9 Å². The number of ether oxygens (including phenoxy) is 1. The molecule has 1 saturated heterocycles. The van der Waals surface area contributed by atoms with E-state index in [1.54, 1.807) is 42.5 Å². The van der Waals surface area contributed by atoms with Crippen molar-refractivity contribution in [2.24, 2.45) is 0 Å². The molecule has 4 rings (SSSR count). The molecular formula is C24H22N4O6. The number of nitrogens with one attached hydrogen (secondary N) is 2. The van der Waals surface area contributed by atoms with Gasteiger partial charge in [-0.25, -0.2) is 9.69 Å². The lowest BCUT2D eigenvalue weighted by Crippen LogP contribution is -2.38. The number of phenolic OH excluding ortho intramolecular Hbond substituents is 1. The number of aromatic hydroxyl groups is 1. The minimum atomic E-state index is -0.535. The summed E-state index contributed by atoms with van der Waals surface area (Å²) in [6.07, 6.45) is 4.32. The fourth-order valence-electron chi connectivity index (χ4n) is 3.67. The summed E-state index contributed by atoms with van der Waals surface area (Å²) in [6, 6.07) is 11.2. The number of rotatable bonds is 7. The van der Waals surface area contributed by atoms with Gasteiger partial charge in [0.2, 0.25) is 5.91 Å². The number of fused-ring (bicyclic) bond motifs is 1. The number of hydrogen-bond donors (Lipinski definition) is 3. The maximum atomic E-state index is 13.2. The minimum Gasteiger partial charge on any atom is -0.504 e. The summed E-state index contributed by atoms with van der Waals surface area (Å²) in [5, 5.41) is 15.2. The van der Waals surface area contributed by atoms with Crippen molar-refractivity contribution in [1.29, 1.82) is 0 Å². The van der Waals surface area contributed by atoms with Gasteiger partial charge in [0.05, 0.1) is 12.7 Å². The maximum absolute atomic E-state index is 13.2. The summed E-state index contributed by atoms with van der Waals surface area (Å²) >= 11 is 0. The molecule has 10 nitrogen and oxygen atoms in total. The van der Waals surface area contributed by atoms with Gasteiger partial charge in [0.1, 0.15) is 6.54 Å². The average Bonchev–Trinajstić information content (AvgIpc) is 3.15. The molecule has 0 spiro atoms. The Balaban J connectivity index is 1.53. The normalized spacial score (nSPS) is 16.9. The number of methoxy groups -OCH3 is 1. The molecule has 34 heavy (non-hydrogen) atoms. The third kappa shape index (κ3) is 4.46. The predicted molar refractivity (Wildman–Crippen MR) is 121 cm³/mol. The maximum Gasteiger partial charge on any atom is 0.324 e. The number of carbonyl (C=O) groups excluding carboxylic acids is 4. The molecule has 2 aliphatic heterocycles. The standard InChI is InChI=1S/C24H22N4O6/c1-34-20-8-7-15(11-19(20)29)12-25-13-18-16-5-2-3-6-17(16)22(31)28(23(18)32)10-4-9-27-14-21(30)26-24(27)33/h2-8,10-11,13,25,29H,9,12,14H2,1H3,(H,26,30,33)/b10-4+,18-13+. The monoisotopic (exact) mass is 462 g/mol. The van der Waals surface area contributed by atoms with Crippen LogP contribution >= 0.6 is 0 Å². The molecule has 0 radical (unpaired) electrons. The first-order valence-electron chi connectivity index (χ1n) is 10.4. The highest BCUT2D eigenvalue weighted by Gasteiger charge is 2.33. The molecule has 5 amide bonds. The molecule has 2 heterocycles. The van der Waals surface area contributed by atoms with E-state index in [2.05, 4.69) is 10.6 Å². The van der Waals surface area contributed by atoms with Crippen molar-refractivity contribution >= 4 is 29.3 Å². The number of urea groups is 1. The summed E-state index contributed by atoms with van der Waals surface area (Å²) in [7, 11) is 1.46. The molecule has 0 bridgehead atoms. The number of amides is 5. The third-order valence-electron chi connectivity index (χ3n) is 5.36. The number of benzene rings is 2. The second kappa shape index (κ2) is 9.49. The Morgan fingerprint density at radius 3 is 2.53 bits per heavy atom. The van der Waals surface area contributed by atoms with Gasteiger partial charge in [0.15, 0.2) is 11.5 Å². The lowest BCUT2D eigenvalue weighted by molar-refractivity contribution is -0.121. The summed E-state index contributed by atoms with van der Waals surface area (Å²) in [5.74, 6) is -1.07. The average molecular weight is 462 g/mol. The molecule has 0 atom stereocenters. The van der Waals surface area contributed by atoms with Crippen LogP contribution in [0.25, 0.3) is 5.57 Å². The zero-order valence-electron chi connectivity index (χ0n) is 18.3. The SMILES string of the molecule is COc1ccc(CN/C=C2/C(=O)N(/C=C/CN3CC(=O)NC3=O)C(=O)c3ccccc32)cc1O. The van der Waals surface area contributed by atoms with Crippen molar-refractivity contribution in [3.05, 3.63) is 77.6 Å². The lowest BCUT2D eigenvalue weighted by Gasteiger charge is -2.26. The zero-order chi connectivity index (χ0) is 24.2. The smallest absolute Gasteiger partial charge is 0.324 e. The predicted octanol–water partition coefficient (Wildman–Crippen LogP) is 1.58. The Labute approximate surface area is 195 Å². The van der Waals surface area contributed by atoms with Crippen molar-refractivity contribution < 1.29 is 29.0 Å². The Hall–Kier alpha value is -4.60. The number of nitrogens with zero attached hydrogens (tertiary/aromatic N) is 2. The largest absolute Gasteiger partial charge is 0.504 e. The lowest BCUT2D eigenvalue weighted by atomic mass is 9.94. The molecule has 3 N–H and O–H groups in total. The van der Waals surface area contributed by atoms with E-state index in [0.29, 0.717) is 23.4 Å². The second-order valence-electron chi connectivity index (χ2n) is 7.59. The highest BCUT2D eigenvalue weighted by molar-refractivity contribution is 6.31. The van der Waals surface area contributed by atoms with Crippen molar-refractivity contribution in [2.45, 2.75) is 6.54 Å². The highest BCUT2D eigenvalue weighted by atomic mass is 16.5. The Bertz CT molecular complexity index is 1240. The van der Waals surface area contributed by atoms with E-state index in [9.17, 15) is 24.3 Å². The molecule has 174 valence electrons. The molecule has 2 aromatic carbocycles. The van der Waals surface area contributed by atoms with E-state index in [4.69, 9.17) is 4.74 Å². The first-order valence-corrected chi connectivity index (χ1v) is 10.4. The second-order valence-corrected chi connectivity index (χ2v) is 7.59. The Morgan fingerprint density at radius 2 is 1.85 bits per heavy atom. The molecule has 0 unspecified atom stereocenters. The van der Waals surface area contributed by atoms with Gasteiger partial charge in [0.25, 0.3) is 11.8 Å². The summed E-state index contributed by atoms with van der Waals surface area (Å²) < 4.78 is 5.04. The first-order chi connectivity index (χ1) is 16.4. The van der Waals surface area contributed by atoms with Crippen LogP contribution in [0.2, 0.25) is 0 Å². The van der Waals surface area contributed by atoms with Gasteiger partial charge in [-0.2, -0.15) is 0 Å². The number of imide groups is 2. The van der Waals surface area contributed by atoms with Crippen molar-refractivity contribution in [3.8, 4) is 11.5 Å². The molecule has 0 saturated carbocycles. The molecular weight excluding hydrogens is 440 g/mol.